The molecule has 1 aromatic rings. The van der Waals surface area contributed by atoms with Crippen molar-refractivity contribution < 1.29 is 9.53 Å². The maximum atomic E-state index is 11.4. The zero-order chi connectivity index (χ0) is 11.7. The zero-order valence-corrected chi connectivity index (χ0v) is 10.2. The van der Waals surface area contributed by atoms with Crippen molar-refractivity contribution in [2.24, 2.45) is 0 Å². The van der Waals surface area contributed by atoms with Gasteiger partial charge < -0.3 is 4.74 Å². The number of carbonyl (C=O) groups is 1. The molecule has 0 radical (unpaired) electrons. The fourth-order valence-electron chi connectivity index (χ4n) is 1.62. The third kappa shape index (κ3) is 2.39. The molecule has 0 amide bonds. The van der Waals surface area contributed by atoms with E-state index in [1.54, 1.807) is 24.3 Å². The summed E-state index contributed by atoms with van der Waals surface area (Å²) < 4.78 is 5.03. The Morgan fingerprint density at radius 3 is 2.81 bits per heavy atom. The van der Waals surface area contributed by atoms with Crippen molar-refractivity contribution in [2.75, 3.05) is 0 Å². The van der Waals surface area contributed by atoms with Crippen LogP contribution >= 0.6 is 23.2 Å². The molecule has 1 fully saturated rings. The van der Waals surface area contributed by atoms with Gasteiger partial charge in [-0.3, -0.25) is 0 Å². The van der Waals surface area contributed by atoms with Crippen molar-refractivity contribution in [3.63, 3.8) is 0 Å². The first-order chi connectivity index (χ1) is 7.56. The fraction of sp³-hybridized carbons (Fsp3) is 0.250. The van der Waals surface area contributed by atoms with E-state index in [0.717, 1.165) is 5.56 Å². The lowest BCUT2D eigenvalue weighted by atomic mass is 10.1. The van der Waals surface area contributed by atoms with Crippen molar-refractivity contribution in [3.05, 3.63) is 39.4 Å². The molecule has 0 aliphatic carbocycles. The minimum Gasteiger partial charge on any atom is -0.459 e. The third-order valence-corrected chi connectivity index (χ3v) is 2.94. The van der Waals surface area contributed by atoms with Gasteiger partial charge in [0.05, 0.1) is 0 Å². The molecular weight excluding hydrogens is 247 g/mol. The highest BCUT2D eigenvalue weighted by atomic mass is 35.5. The summed E-state index contributed by atoms with van der Waals surface area (Å²) in [7, 11) is 0. The van der Waals surface area contributed by atoms with Crippen LogP contribution in [-0.2, 0) is 9.53 Å². The molecule has 0 unspecified atom stereocenters. The van der Waals surface area contributed by atoms with Crippen LogP contribution in [0.15, 0.2) is 23.8 Å². The second-order valence-electron chi connectivity index (χ2n) is 3.76. The molecule has 0 saturated carbocycles. The number of hydrogen-bond acceptors (Lipinski definition) is 2. The third-order valence-electron chi connectivity index (χ3n) is 2.37. The van der Waals surface area contributed by atoms with Gasteiger partial charge in [0.1, 0.15) is 6.10 Å². The van der Waals surface area contributed by atoms with Gasteiger partial charge in [0.2, 0.25) is 0 Å². The lowest BCUT2D eigenvalue weighted by Crippen LogP contribution is -1.99. The molecule has 1 saturated heterocycles. The number of halogens is 2. The standard InChI is InChI=1S/C12H10Cl2O2/c1-7-4-9(12(15)16-7)5-8-6-10(13)2-3-11(8)14/h2-3,5-7H,4H2,1H3/t7-/m0/s1. The average Bonchev–Trinajstić information content (AvgIpc) is 2.51. The normalized spacial score (nSPS) is 22.6. The number of esters is 1. The second kappa shape index (κ2) is 4.48. The van der Waals surface area contributed by atoms with Crippen molar-refractivity contribution in [1.82, 2.24) is 0 Å². The number of cyclic esters (lactones) is 1. The van der Waals surface area contributed by atoms with Crippen LogP contribution in [-0.4, -0.2) is 12.1 Å². The van der Waals surface area contributed by atoms with Crippen LogP contribution in [0, 0.1) is 0 Å². The van der Waals surface area contributed by atoms with Gasteiger partial charge in [-0.05, 0) is 36.8 Å². The summed E-state index contributed by atoms with van der Waals surface area (Å²) in [6.07, 6.45) is 2.29. The minimum absolute atomic E-state index is 0.0586. The van der Waals surface area contributed by atoms with E-state index in [2.05, 4.69) is 0 Å². The Morgan fingerprint density at radius 2 is 2.19 bits per heavy atom. The molecule has 4 heteroatoms. The second-order valence-corrected chi connectivity index (χ2v) is 4.60. The number of ether oxygens (including phenoxy) is 1. The van der Waals surface area contributed by atoms with Crippen LogP contribution in [0.4, 0.5) is 0 Å². The molecule has 1 aliphatic heterocycles. The van der Waals surface area contributed by atoms with Crippen LogP contribution in [0.2, 0.25) is 10.0 Å². The zero-order valence-electron chi connectivity index (χ0n) is 8.67. The maximum absolute atomic E-state index is 11.4. The summed E-state index contributed by atoms with van der Waals surface area (Å²) in [5.41, 5.74) is 1.38. The molecule has 0 aromatic heterocycles. The quantitative estimate of drug-likeness (QED) is 0.566. The van der Waals surface area contributed by atoms with Crippen LogP contribution in [0.3, 0.4) is 0 Å². The molecule has 1 atom stereocenters. The molecule has 1 heterocycles. The monoisotopic (exact) mass is 256 g/mol. The van der Waals surface area contributed by atoms with Gasteiger partial charge in [0.25, 0.3) is 0 Å². The van der Waals surface area contributed by atoms with E-state index in [9.17, 15) is 4.79 Å². The van der Waals surface area contributed by atoms with Gasteiger partial charge >= 0.3 is 5.97 Å². The molecule has 0 bridgehead atoms. The molecule has 0 N–H and O–H groups in total. The van der Waals surface area contributed by atoms with Gasteiger partial charge in [-0.25, -0.2) is 4.79 Å². The molecule has 1 aliphatic rings. The molecule has 1 aromatic carbocycles. The Hall–Kier alpha value is -0.990. The number of hydrogen-bond donors (Lipinski definition) is 0. The fourth-order valence-corrected chi connectivity index (χ4v) is 1.98. The smallest absolute Gasteiger partial charge is 0.334 e. The topological polar surface area (TPSA) is 26.3 Å². The van der Waals surface area contributed by atoms with E-state index in [1.165, 1.54) is 0 Å². The van der Waals surface area contributed by atoms with Crippen LogP contribution in [0.1, 0.15) is 18.9 Å². The van der Waals surface area contributed by atoms with E-state index >= 15 is 0 Å². The van der Waals surface area contributed by atoms with Crippen molar-refractivity contribution >= 4 is 35.2 Å². The Balaban J connectivity index is 2.35. The average molecular weight is 257 g/mol. The lowest BCUT2D eigenvalue weighted by molar-refractivity contribution is -0.138. The van der Waals surface area contributed by atoms with Crippen LogP contribution < -0.4 is 0 Å². The van der Waals surface area contributed by atoms with Gasteiger partial charge in [0, 0.05) is 22.0 Å². The molecule has 16 heavy (non-hydrogen) atoms. The molecular formula is C12H10Cl2O2. The summed E-state index contributed by atoms with van der Waals surface area (Å²) in [4.78, 5) is 11.4. The number of rotatable bonds is 1. The maximum Gasteiger partial charge on any atom is 0.334 e. The molecule has 2 nitrogen and oxygen atoms in total. The van der Waals surface area contributed by atoms with E-state index in [4.69, 9.17) is 27.9 Å². The number of benzene rings is 1. The predicted octanol–water partition coefficient (Wildman–Crippen LogP) is 3.71. The summed E-state index contributed by atoms with van der Waals surface area (Å²) in [5, 5.41) is 1.17. The minimum atomic E-state index is -0.274. The Bertz CT molecular complexity index is 466. The highest BCUT2D eigenvalue weighted by molar-refractivity contribution is 6.34. The van der Waals surface area contributed by atoms with E-state index in [1.807, 2.05) is 6.92 Å². The highest BCUT2D eigenvalue weighted by Crippen LogP contribution is 2.27. The van der Waals surface area contributed by atoms with Crippen LogP contribution in [0.25, 0.3) is 6.08 Å². The van der Waals surface area contributed by atoms with E-state index < -0.39 is 0 Å². The first-order valence-corrected chi connectivity index (χ1v) is 5.68. The molecule has 0 spiro atoms. The Morgan fingerprint density at radius 1 is 1.44 bits per heavy atom. The SMILES string of the molecule is C[C@H]1CC(=Cc2cc(Cl)ccc2Cl)C(=O)O1. The molecule has 2 rings (SSSR count). The Kier molecular flexibility index (Phi) is 3.22. The van der Waals surface area contributed by atoms with E-state index in [-0.39, 0.29) is 12.1 Å². The summed E-state index contributed by atoms with van der Waals surface area (Å²) in [6.45, 7) is 1.86. The van der Waals surface area contributed by atoms with Gasteiger partial charge in [-0.2, -0.15) is 0 Å². The lowest BCUT2D eigenvalue weighted by Gasteiger charge is -1.99. The summed E-state index contributed by atoms with van der Waals surface area (Å²) >= 11 is 11.9. The van der Waals surface area contributed by atoms with Gasteiger partial charge in [-0.1, -0.05) is 23.2 Å². The van der Waals surface area contributed by atoms with Crippen molar-refractivity contribution in [2.45, 2.75) is 19.4 Å². The summed E-state index contributed by atoms with van der Waals surface area (Å²) in [5.74, 6) is -0.274. The first-order valence-electron chi connectivity index (χ1n) is 4.93. The molecule has 84 valence electrons. The van der Waals surface area contributed by atoms with Crippen molar-refractivity contribution in [3.8, 4) is 0 Å². The van der Waals surface area contributed by atoms with Gasteiger partial charge in [0.15, 0.2) is 0 Å². The number of carbonyl (C=O) groups excluding carboxylic acids is 1. The van der Waals surface area contributed by atoms with Crippen LogP contribution in [0.5, 0.6) is 0 Å². The van der Waals surface area contributed by atoms with Crippen molar-refractivity contribution in [1.29, 1.82) is 0 Å². The first kappa shape index (κ1) is 11.5. The highest BCUT2D eigenvalue weighted by Gasteiger charge is 2.25. The van der Waals surface area contributed by atoms with Gasteiger partial charge in [-0.15, -0.1) is 0 Å². The summed E-state index contributed by atoms with van der Waals surface area (Å²) in [6, 6.07) is 5.15. The van der Waals surface area contributed by atoms with E-state index in [0.29, 0.717) is 22.0 Å². The predicted molar refractivity (Wildman–Crippen MR) is 64.6 cm³/mol. The largest absolute Gasteiger partial charge is 0.459 e. The Labute approximate surface area is 104 Å².